The van der Waals surface area contributed by atoms with Crippen LogP contribution in [0.5, 0.6) is 5.75 Å². The minimum atomic E-state index is -0.406. The smallest absolute Gasteiger partial charge is 0.224 e. The second-order valence-electron chi connectivity index (χ2n) is 8.48. The normalized spacial score (nSPS) is 15.7. The van der Waals surface area contributed by atoms with E-state index in [1.54, 1.807) is 18.3 Å². The van der Waals surface area contributed by atoms with Crippen molar-refractivity contribution in [3.63, 3.8) is 0 Å². The number of nitrogens with one attached hydrogen (secondary N) is 1. The molecule has 1 aliphatic heterocycles. The molecular formula is C27H30FN3O2. The molecule has 1 N–H and O–H groups in total. The molecule has 0 radical (unpaired) electrons. The minimum Gasteiger partial charge on any atom is -0.492 e. The number of aryl methyl sites for hydroxylation is 1. The van der Waals surface area contributed by atoms with Gasteiger partial charge in [-0.2, -0.15) is 0 Å². The van der Waals surface area contributed by atoms with Gasteiger partial charge in [-0.05, 0) is 74.3 Å². The fourth-order valence-electron chi connectivity index (χ4n) is 4.25. The number of nitrogens with zero attached hydrogens (tertiary/aromatic N) is 2. The van der Waals surface area contributed by atoms with Gasteiger partial charge in [-0.25, -0.2) is 4.39 Å². The number of halogens is 1. The molecule has 0 saturated carbocycles. The van der Waals surface area contributed by atoms with Crippen LogP contribution in [0.25, 0.3) is 0 Å². The van der Waals surface area contributed by atoms with Gasteiger partial charge in [0.1, 0.15) is 18.2 Å². The Kier molecular flexibility index (Phi) is 7.68. The van der Waals surface area contributed by atoms with Crippen molar-refractivity contribution in [2.24, 2.45) is 5.92 Å². The summed E-state index contributed by atoms with van der Waals surface area (Å²) in [4.78, 5) is 20.0. The number of pyridine rings is 1. The summed E-state index contributed by atoms with van der Waals surface area (Å²) < 4.78 is 19.3. The van der Waals surface area contributed by atoms with E-state index < -0.39 is 6.04 Å². The van der Waals surface area contributed by atoms with Crippen molar-refractivity contribution in [1.82, 2.24) is 15.2 Å². The van der Waals surface area contributed by atoms with E-state index in [0.29, 0.717) is 6.61 Å². The molecule has 33 heavy (non-hydrogen) atoms. The summed E-state index contributed by atoms with van der Waals surface area (Å²) in [5.41, 5.74) is 2.59. The molecule has 5 nitrogen and oxygen atoms in total. The second kappa shape index (κ2) is 11.1. The van der Waals surface area contributed by atoms with Gasteiger partial charge in [-0.1, -0.05) is 36.4 Å². The lowest BCUT2D eigenvalue weighted by Crippen LogP contribution is -2.43. The Morgan fingerprint density at radius 2 is 1.82 bits per heavy atom. The zero-order chi connectivity index (χ0) is 23.0. The van der Waals surface area contributed by atoms with E-state index in [9.17, 15) is 9.18 Å². The zero-order valence-electron chi connectivity index (χ0n) is 18.9. The number of rotatable bonds is 8. The molecule has 172 valence electrons. The van der Waals surface area contributed by atoms with Gasteiger partial charge in [0.25, 0.3) is 0 Å². The molecule has 0 spiro atoms. The number of benzene rings is 2. The average Bonchev–Trinajstić information content (AvgIpc) is 2.85. The molecule has 2 aromatic carbocycles. The molecule has 1 saturated heterocycles. The van der Waals surface area contributed by atoms with Crippen LogP contribution in [0.2, 0.25) is 0 Å². The van der Waals surface area contributed by atoms with E-state index in [0.717, 1.165) is 55.0 Å². The van der Waals surface area contributed by atoms with Crippen molar-refractivity contribution in [3.05, 3.63) is 95.6 Å². The molecule has 3 aromatic rings. The molecular weight excluding hydrogens is 417 g/mol. The molecule has 0 bridgehead atoms. The Morgan fingerprint density at radius 3 is 2.52 bits per heavy atom. The molecule has 6 heteroatoms. The number of amides is 1. The van der Waals surface area contributed by atoms with Gasteiger partial charge >= 0.3 is 0 Å². The lowest BCUT2D eigenvalue weighted by molar-refractivity contribution is -0.127. The van der Waals surface area contributed by atoms with Gasteiger partial charge in [-0.15, -0.1) is 0 Å². The van der Waals surface area contributed by atoms with E-state index in [1.165, 1.54) is 12.1 Å². The molecule has 1 unspecified atom stereocenters. The third-order valence-corrected chi connectivity index (χ3v) is 6.19. The molecule has 4 rings (SSSR count). The maximum Gasteiger partial charge on any atom is 0.224 e. The summed E-state index contributed by atoms with van der Waals surface area (Å²) in [7, 11) is 0. The molecule has 0 aliphatic carbocycles. The molecule has 1 aromatic heterocycles. The fraction of sp³-hybridized carbons (Fsp3) is 0.333. The van der Waals surface area contributed by atoms with Crippen LogP contribution in [0.3, 0.4) is 0 Å². The van der Waals surface area contributed by atoms with E-state index in [2.05, 4.69) is 15.2 Å². The van der Waals surface area contributed by atoms with E-state index in [-0.39, 0.29) is 17.6 Å². The predicted octanol–water partition coefficient (Wildman–Crippen LogP) is 4.53. The van der Waals surface area contributed by atoms with Crippen molar-refractivity contribution in [2.75, 3.05) is 26.2 Å². The first kappa shape index (κ1) is 22.9. The van der Waals surface area contributed by atoms with Crippen LogP contribution in [0.15, 0.2) is 72.9 Å². The van der Waals surface area contributed by atoms with Crippen molar-refractivity contribution in [3.8, 4) is 5.75 Å². The number of hydrogen-bond donors (Lipinski definition) is 1. The van der Waals surface area contributed by atoms with Crippen LogP contribution < -0.4 is 10.1 Å². The zero-order valence-corrected chi connectivity index (χ0v) is 18.9. The fourth-order valence-corrected chi connectivity index (χ4v) is 4.25. The standard InChI is InChI=1S/C27H30FN3O2/c1-20-6-5-15-29-25(20)26(21-9-11-23(28)12-10-21)30-27(32)22-13-16-31(17-14-22)18-19-33-24-7-3-2-4-8-24/h2-12,15,22,26H,13-14,16-19H2,1H3,(H,30,32). The van der Waals surface area contributed by atoms with Gasteiger partial charge in [0, 0.05) is 18.7 Å². The van der Waals surface area contributed by atoms with Crippen LogP contribution >= 0.6 is 0 Å². The minimum absolute atomic E-state index is 0.0227. The average molecular weight is 448 g/mol. The number of carbonyl (C=O) groups is 1. The number of likely N-dealkylation sites (tertiary alicyclic amines) is 1. The first-order valence-corrected chi connectivity index (χ1v) is 11.5. The van der Waals surface area contributed by atoms with Crippen LogP contribution in [-0.4, -0.2) is 42.0 Å². The maximum atomic E-state index is 13.5. The van der Waals surface area contributed by atoms with Gasteiger partial charge < -0.3 is 10.1 Å². The molecule has 1 atom stereocenters. The van der Waals surface area contributed by atoms with E-state index >= 15 is 0 Å². The van der Waals surface area contributed by atoms with Crippen LogP contribution in [0.1, 0.15) is 35.7 Å². The number of piperidine rings is 1. The van der Waals surface area contributed by atoms with Gasteiger partial charge in [0.2, 0.25) is 5.91 Å². The third-order valence-electron chi connectivity index (χ3n) is 6.19. The van der Waals surface area contributed by atoms with Crippen molar-refractivity contribution in [1.29, 1.82) is 0 Å². The summed E-state index contributed by atoms with van der Waals surface area (Å²) in [6.07, 6.45) is 3.32. The Balaban J connectivity index is 1.34. The molecule has 2 heterocycles. The highest BCUT2D eigenvalue weighted by atomic mass is 19.1. The van der Waals surface area contributed by atoms with Crippen molar-refractivity contribution >= 4 is 5.91 Å². The molecule has 1 fully saturated rings. The second-order valence-corrected chi connectivity index (χ2v) is 8.48. The quantitative estimate of drug-likeness (QED) is 0.551. The first-order valence-electron chi connectivity index (χ1n) is 11.5. The first-order chi connectivity index (χ1) is 16.1. The van der Waals surface area contributed by atoms with Crippen LogP contribution in [0, 0.1) is 18.7 Å². The number of aromatic nitrogens is 1. The largest absolute Gasteiger partial charge is 0.492 e. The van der Waals surface area contributed by atoms with E-state index in [4.69, 9.17) is 4.74 Å². The predicted molar refractivity (Wildman–Crippen MR) is 126 cm³/mol. The van der Waals surface area contributed by atoms with Crippen LogP contribution in [0.4, 0.5) is 4.39 Å². The molecule has 1 amide bonds. The highest BCUT2D eigenvalue weighted by Crippen LogP contribution is 2.25. The number of carbonyl (C=O) groups excluding carboxylic acids is 1. The van der Waals surface area contributed by atoms with Gasteiger partial charge in [0.05, 0.1) is 11.7 Å². The van der Waals surface area contributed by atoms with Crippen molar-refractivity contribution < 1.29 is 13.9 Å². The highest BCUT2D eigenvalue weighted by Gasteiger charge is 2.28. The number of para-hydroxylation sites is 1. The van der Waals surface area contributed by atoms with Gasteiger partial charge in [-0.3, -0.25) is 14.7 Å². The topological polar surface area (TPSA) is 54.5 Å². The monoisotopic (exact) mass is 447 g/mol. The number of ether oxygens (including phenoxy) is 1. The Hall–Kier alpha value is -3.25. The lowest BCUT2D eigenvalue weighted by atomic mass is 9.94. The Labute approximate surface area is 194 Å². The summed E-state index contributed by atoms with van der Waals surface area (Å²) >= 11 is 0. The summed E-state index contributed by atoms with van der Waals surface area (Å²) in [6.45, 7) is 5.17. The Morgan fingerprint density at radius 1 is 1.09 bits per heavy atom. The third kappa shape index (κ3) is 6.17. The highest BCUT2D eigenvalue weighted by molar-refractivity contribution is 5.79. The summed E-state index contributed by atoms with van der Waals surface area (Å²) in [5.74, 6) is 0.548. The van der Waals surface area contributed by atoms with Crippen molar-refractivity contribution in [2.45, 2.75) is 25.8 Å². The number of hydrogen-bond acceptors (Lipinski definition) is 4. The SMILES string of the molecule is Cc1cccnc1C(NC(=O)C1CCN(CCOc2ccccc2)CC1)c1ccc(F)cc1. The molecule has 1 aliphatic rings. The summed E-state index contributed by atoms with van der Waals surface area (Å²) in [5, 5.41) is 3.19. The van der Waals surface area contributed by atoms with Crippen LogP contribution in [-0.2, 0) is 4.79 Å². The lowest BCUT2D eigenvalue weighted by Gasteiger charge is -2.32. The Bertz CT molecular complexity index is 1030. The van der Waals surface area contributed by atoms with Gasteiger partial charge in [0.15, 0.2) is 0 Å². The summed E-state index contributed by atoms with van der Waals surface area (Å²) in [6, 6.07) is 19.5. The van der Waals surface area contributed by atoms with E-state index in [1.807, 2.05) is 49.4 Å². The maximum absolute atomic E-state index is 13.5.